The third kappa shape index (κ3) is 3.14. The number of rotatable bonds is 3. The van der Waals surface area contributed by atoms with Gasteiger partial charge in [0, 0.05) is 19.0 Å². The highest BCUT2D eigenvalue weighted by molar-refractivity contribution is 5.95. The summed E-state index contributed by atoms with van der Waals surface area (Å²) in [4.78, 5) is 28.1. The van der Waals surface area contributed by atoms with Crippen LogP contribution in [0.1, 0.15) is 31.0 Å². The molecule has 9 heteroatoms. The number of nitrogens with zero attached hydrogens (tertiary/aromatic N) is 4. The fourth-order valence-corrected chi connectivity index (χ4v) is 3.84. The van der Waals surface area contributed by atoms with Gasteiger partial charge in [-0.1, -0.05) is 0 Å². The normalized spacial score (nSPS) is 19.3. The molecule has 6 nitrogen and oxygen atoms in total. The first-order valence-electron chi connectivity index (χ1n) is 9.13. The van der Waals surface area contributed by atoms with Crippen molar-refractivity contribution >= 4 is 17.5 Å². The molecule has 0 bridgehead atoms. The third-order valence-electron chi connectivity index (χ3n) is 5.30. The van der Waals surface area contributed by atoms with Crippen LogP contribution in [0, 0.1) is 17.5 Å². The molecule has 0 aliphatic carbocycles. The van der Waals surface area contributed by atoms with Crippen LogP contribution in [0.15, 0.2) is 18.3 Å². The van der Waals surface area contributed by atoms with Crippen molar-refractivity contribution in [3.8, 4) is 0 Å². The van der Waals surface area contributed by atoms with Gasteiger partial charge in [-0.05, 0) is 31.0 Å². The number of fused-ring (bicyclic) bond motifs is 1. The van der Waals surface area contributed by atoms with Gasteiger partial charge in [0.2, 0.25) is 11.8 Å². The molecule has 0 saturated carbocycles. The van der Waals surface area contributed by atoms with Crippen molar-refractivity contribution in [3.05, 3.63) is 47.0 Å². The number of carbonyl (C=O) groups excluding carboxylic acids is 2. The number of carbonyl (C=O) groups is 2. The van der Waals surface area contributed by atoms with E-state index in [1.54, 1.807) is 20.7 Å². The highest BCUT2D eigenvalue weighted by atomic mass is 19.2. The van der Waals surface area contributed by atoms with Gasteiger partial charge < -0.3 is 9.80 Å². The van der Waals surface area contributed by atoms with Crippen molar-refractivity contribution < 1.29 is 22.8 Å². The lowest BCUT2D eigenvalue weighted by Gasteiger charge is -2.35. The smallest absolute Gasteiger partial charge is 0.227 e. The first kappa shape index (κ1) is 18.5. The first-order valence-corrected chi connectivity index (χ1v) is 9.13. The molecule has 2 aromatic rings. The SMILES string of the molecule is CC1Cn2ncc(N3CCCC3=O)c2CN1C(=O)Cc1cc(F)c(F)c(F)c1. The molecule has 28 heavy (non-hydrogen) atoms. The van der Waals surface area contributed by atoms with E-state index in [0.717, 1.165) is 24.2 Å². The maximum absolute atomic E-state index is 13.4. The van der Waals surface area contributed by atoms with Crippen LogP contribution in [0.3, 0.4) is 0 Å². The number of aromatic nitrogens is 2. The van der Waals surface area contributed by atoms with Crippen molar-refractivity contribution in [3.63, 3.8) is 0 Å². The fourth-order valence-electron chi connectivity index (χ4n) is 3.84. The van der Waals surface area contributed by atoms with Crippen molar-refractivity contribution in [2.45, 2.75) is 45.3 Å². The van der Waals surface area contributed by atoms with Gasteiger partial charge in [-0.15, -0.1) is 0 Å². The van der Waals surface area contributed by atoms with Gasteiger partial charge in [0.15, 0.2) is 17.5 Å². The number of amides is 2. The molecule has 1 aromatic carbocycles. The largest absolute Gasteiger partial charge is 0.332 e. The standard InChI is InChI=1S/C19H19F3N4O2/c1-11-9-26-16(15(8-23-26)24-4-2-3-17(24)27)10-25(11)18(28)7-12-5-13(20)19(22)14(21)6-12/h5-6,8,11H,2-4,7,9-10H2,1H3. The summed E-state index contributed by atoms with van der Waals surface area (Å²) in [6, 6.07) is 1.49. The van der Waals surface area contributed by atoms with E-state index in [1.165, 1.54) is 0 Å². The molecular formula is C19H19F3N4O2. The van der Waals surface area contributed by atoms with Gasteiger partial charge in [-0.3, -0.25) is 14.3 Å². The predicted molar refractivity (Wildman–Crippen MR) is 93.8 cm³/mol. The third-order valence-corrected chi connectivity index (χ3v) is 5.30. The molecule has 4 rings (SSSR count). The lowest BCUT2D eigenvalue weighted by molar-refractivity contribution is -0.134. The monoisotopic (exact) mass is 392 g/mol. The van der Waals surface area contributed by atoms with Crippen LogP contribution in [0.2, 0.25) is 0 Å². The molecule has 0 spiro atoms. The van der Waals surface area contributed by atoms with Crippen molar-refractivity contribution in [1.82, 2.24) is 14.7 Å². The Morgan fingerprint density at radius 2 is 1.96 bits per heavy atom. The van der Waals surface area contributed by atoms with Gasteiger partial charge in [-0.25, -0.2) is 13.2 Å². The van der Waals surface area contributed by atoms with Crippen LogP contribution in [-0.4, -0.2) is 39.1 Å². The summed E-state index contributed by atoms with van der Waals surface area (Å²) >= 11 is 0. The zero-order valence-electron chi connectivity index (χ0n) is 15.3. The van der Waals surface area contributed by atoms with Crippen LogP contribution in [0.4, 0.5) is 18.9 Å². The number of anilines is 1. The Bertz CT molecular complexity index is 936. The van der Waals surface area contributed by atoms with Crippen molar-refractivity contribution in [2.24, 2.45) is 0 Å². The Kier molecular flexibility index (Phi) is 4.60. The first-order chi connectivity index (χ1) is 13.3. The molecule has 3 heterocycles. The van der Waals surface area contributed by atoms with Gasteiger partial charge in [-0.2, -0.15) is 5.10 Å². The molecule has 2 aliphatic heterocycles. The zero-order chi connectivity index (χ0) is 20.0. The number of benzene rings is 1. The quantitative estimate of drug-likeness (QED) is 0.754. The Morgan fingerprint density at radius 1 is 1.25 bits per heavy atom. The van der Waals surface area contributed by atoms with Gasteiger partial charge >= 0.3 is 0 Å². The van der Waals surface area contributed by atoms with Gasteiger partial charge in [0.1, 0.15) is 0 Å². The van der Waals surface area contributed by atoms with Crippen molar-refractivity contribution in [2.75, 3.05) is 11.4 Å². The minimum atomic E-state index is -1.55. The zero-order valence-corrected chi connectivity index (χ0v) is 15.3. The van der Waals surface area contributed by atoms with E-state index in [1.807, 2.05) is 6.92 Å². The second-order valence-corrected chi connectivity index (χ2v) is 7.23. The number of hydrogen-bond donors (Lipinski definition) is 0. The van der Waals surface area contributed by atoms with E-state index in [2.05, 4.69) is 5.10 Å². The molecule has 2 amide bonds. The molecule has 1 unspecified atom stereocenters. The minimum Gasteiger partial charge on any atom is -0.332 e. The van der Waals surface area contributed by atoms with Crippen LogP contribution in [0.5, 0.6) is 0 Å². The highest BCUT2D eigenvalue weighted by Crippen LogP contribution is 2.30. The number of halogens is 3. The molecule has 1 fully saturated rings. The summed E-state index contributed by atoms with van der Waals surface area (Å²) in [6.07, 6.45) is 2.67. The lowest BCUT2D eigenvalue weighted by atomic mass is 10.1. The Labute approximate surface area is 159 Å². The second kappa shape index (κ2) is 6.96. The molecule has 1 saturated heterocycles. The summed E-state index contributed by atoms with van der Waals surface area (Å²) in [5.41, 5.74) is 1.53. The Balaban J connectivity index is 1.56. The Morgan fingerprint density at radius 3 is 2.61 bits per heavy atom. The molecule has 0 N–H and O–H groups in total. The summed E-state index contributed by atoms with van der Waals surface area (Å²) in [7, 11) is 0. The summed E-state index contributed by atoms with van der Waals surface area (Å²) < 4.78 is 41.8. The molecule has 2 aliphatic rings. The predicted octanol–water partition coefficient (Wildman–Crippen LogP) is 2.40. The van der Waals surface area contributed by atoms with Crippen molar-refractivity contribution in [1.29, 1.82) is 0 Å². The summed E-state index contributed by atoms with van der Waals surface area (Å²) in [5, 5.41) is 4.34. The Hall–Kier alpha value is -2.84. The van der Waals surface area contributed by atoms with E-state index in [9.17, 15) is 22.8 Å². The molecule has 148 valence electrons. The lowest BCUT2D eigenvalue weighted by Crippen LogP contribution is -2.46. The molecular weight excluding hydrogens is 373 g/mol. The molecule has 0 radical (unpaired) electrons. The maximum atomic E-state index is 13.4. The second-order valence-electron chi connectivity index (χ2n) is 7.23. The van der Waals surface area contributed by atoms with Crippen LogP contribution in [0.25, 0.3) is 0 Å². The highest BCUT2D eigenvalue weighted by Gasteiger charge is 2.33. The van der Waals surface area contributed by atoms with Crippen LogP contribution >= 0.6 is 0 Å². The van der Waals surface area contributed by atoms with Crippen LogP contribution < -0.4 is 4.90 Å². The topological polar surface area (TPSA) is 58.4 Å². The molecule has 1 aromatic heterocycles. The molecule has 1 atom stereocenters. The maximum Gasteiger partial charge on any atom is 0.227 e. The number of hydrogen-bond acceptors (Lipinski definition) is 3. The summed E-state index contributed by atoms with van der Waals surface area (Å²) in [5.74, 6) is -4.48. The van der Waals surface area contributed by atoms with Gasteiger partial charge in [0.05, 0.1) is 37.1 Å². The van der Waals surface area contributed by atoms with E-state index in [4.69, 9.17) is 0 Å². The van der Waals surface area contributed by atoms with E-state index in [-0.39, 0.29) is 36.4 Å². The average molecular weight is 392 g/mol. The van der Waals surface area contributed by atoms with E-state index >= 15 is 0 Å². The van der Waals surface area contributed by atoms with Crippen LogP contribution in [-0.2, 0) is 29.1 Å². The van der Waals surface area contributed by atoms with Gasteiger partial charge in [0.25, 0.3) is 0 Å². The summed E-state index contributed by atoms with van der Waals surface area (Å²) in [6.45, 7) is 3.17. The van der Waals surface area contributed by atoms with E-state index < -0.39 is 17.5 Å². The fraction of sp³-hybridized carbons (Fsp3) is 0.421. The average Bonchev–Trinajstić information content (AvgIpc) is 3.24. The van der Waals surface area contributed by atoms with E-state index in [0.29, 0.717) is 25.2 Å². The minimum absolute atomic E-state index is 0.0320.